The van der Waals surface area contributed by atoms with Crippen molar-refractivity contribution in [3.05, 3.63) is 47.0 Å². The number of ether oxygens (including phenoxy) is 1. The number of halogens is 1. The fraction of sp³-hybridized carbons (Fsp3) is 0.480. The van der Waals surface area contributed by atoms with E-state index >= 15 is 4.39 Å². The van der Waals surface area contributed by atoms with E-state index in [1.54, 1.807) is 26.2 Å². The van der Waals surface area contributed by atoms with Crippen LogP contribution in [0.5, 0.6) is 0 Å². The zero-order valence-corrected chi connectivity index (χ0v) is 19.7. The van der Waals surface area contributed by atoms with E-state index in [1.165, 1.54) is 6.07 Å². The molecule has 0 amide bonds. The average Bonchev–Trinajstić information content (AvgIpc) is 2.75. The number of pyridine rings is 1. The van der Waals surface area contributed by atoms with Crippen molar-refractivity contribution in [3.8, 4) is 11.3 Å². The topological polar surface area (TPSA) is 100 Å². The zero-order chi connectivity index (χ0) is 23.9. The molecule has 0 bridgehead atoms. The van der Waals surface area contributed by atoms with E-state index in [0.717, 1.165) is 11.1 Å². The monoisotopic (exact) mass is 454 g/mol. The summed E-state index contributed by atoms with van der Waals surface area (Å²) in [7, 11) is 0. The Hall–Kier alpha value is -2.68. The molecule has 3 N–H and O–H groups in total. The molecule has 3 aromatic rings. The van der Waals surface area contributed by atoms with E-state index in [1.807, 2.05) is 26.8 Å². The summed E-state index contributed by atoms with van der Waals surface area (Å²) in [5.41, 5.74) is 2.70. The number of aryl methyl sites for hydroxylation is 1. The quantitative estimate of drug-likeness (QED) is 0.535. The first-order valence-corrected chi connectivity index (χ1v) is 11.3. The fourth-order valence-electron chi connectivity index (χ4n) is 4.39. The summed E-state index contributed by atoms with van der Waals surface area (Å²) in [6.07, 6.45) is 3.25. The van der Waals surface area contributed by atoms with Gasteiger partial charge in [0.15, 0.2) is 0 Å². The van der Waals surface area contributed by atoms with Gasteiger partial charge < -0.3 is 20.3 Å². The fourth-order valence-corrected chi connectivity index (χ4v) is 4.39. The highest BCUT2D eigenvalue weighted by atomic mass is 19.1. The van der Waals surface area contributed by atoms with Crippen molar-refractivity contribution in [2.24, 2.45) is 0 Å². The summed E-state index contributed by atoms with van der Waals surface area (Å²) in [5.74, 6) is -0.0288. The van der Waals surface area contributed by atoms with Crippen LogP contribution in [0.3, 0.4) is 0 Å². The van der Waals surface area contributed by atoms with E-state index in [-0.39, 0.29) is 24.1 Å². The molecule has 33 heavy (non-hydrogen) atoms. The van der Waals surface area contributed by atoms with Gasteiger partial charge in [-0.15, -0.1) is 0 Å². The van der Waals surface area contributed by atoms with Crippen LogP contribution >= 0.6 is 0 Å². The molecule has 0 spiro atoms. The third kappa shape index (κ3) is 4.69. The Morgan fingerprint density at radius 2 is 1.97 bits per heavy atom. The van der Waals surface area contributed by atoms with Gasteiger partial charge >= 0.3 is 0 Å². The minimum Gasteiger partial charge on any atom is -0.389 e. The Labute approximate surface area is 193 Å². The Kier molecular flexibility index (Phi) is 6.35. The number of hydrogen-bond acceptors (Lipinski definition) is 7. The van der Waals surface area contributed by atoms with Gasteiger partial charge in [-0.25, -0.2) is 14.4 Å². The Morgan fingerprint density at radius 1 is 1.21 bits per heavy atom. The molecule has 0 saturated carbocycles. The van der Waals surface area contributed by atoms with Gasteiger partial charge in [-0.05, 0) is 56.4 Å². The minimum atomic E-state index is -1.11. The maximum Gasteiger partial charge on any atom is 0.223 e. The maximum atomic E-state index is 15.2. The molecule has 2 aromatic heterocycles. The number of aromatic nitrogens is 3. The molecular formula is C25H31FN4O3. The second kappa shape index (κ2) is 8.93. The number of rotatable bonds is 5. The van der Waals surface area contributed by atoms with E-state index in [9.17, 15) is 10.2 Å². The van der Waals surface area contributed by atoms with Crippen molar-refractivity contribution in [2.75, 3.05) is 18.5 Å². The molecule has 3 heterocycles. The molecule has 1 saturated heterocycles. The second-order valence-corrected chi connectivity index (χ2v) is 9.56. The molecule has 7 nitrogen and oxygen atoms in total. The lowest BCUT2D eigenvalue weighted by Gasteiger charge is -2.28. The zero-order valence-electron chi connectivity index (χ0n) is 19.7. The van der Waals surface area contributed by atoms with Gasteiger partial charge in [-0.2, -0.15) is 0 Å². The van der Waals surface area contributed by atoms with Crippen LogP contribution < -0.4 is 5.32 Å². The van der Waals surface area contributed by atoms with Crippen molar-refractivity contribution in [3.63, 3.8) is 0 Å². The number of fused-ring (bicyclic) bond motifs is 1. The minimum absolute atomic E-state index is 0.0466. The van der Waals surface area contributed by atoms with Gasteiger partial charge in [0, 0.05) is 35.5 Å². The molecule has 8 heteroatoms. The summed E-state index contributed by atoms with van der Waals surface area (Å²) in [4.78, 5) is 13.3. The van der Waals surface area contributed by atoms with Crippen molar-refractivity contribution >= 4 is 16.9 Å². The molecule has 0 unspecified atom stereocenters. The average molecular weight is 455 g/mol. The van der Waals surface area contributed by atoms with Crippen LogP contribution in [0.2, 0.25) is 0 Å². The van der Waals surface area contributed by atoms with Gasteiger partial charge in [0.05, 0.1) is 30.0 Å². The first kappa shape index (κ1) is 23.5. The molecule has 176 valence electrons. The molecule has 2 atom stereocenters. The highest BCUT2D eigenvalue weighted by Gasteiger charge is 2.26. The number of nitrogens with zero attached hydrogens (tertiary/aromatic N) is 3. The third-order valence-electron chi connectivity index (χ3n) is 6.09. The first-order chi connectivity index (χ1) is 15.6. The smallest absolute Gasteiger partial charge is 0.223 e. The standard InChI is InChI=1S/C25H31FN4O3/c1-13(2)21-16-8-15(9-18(26)23(16)27-11-17(21)25(4,5)32)22-14(3)10-28-24(30-22)29-19-6-7-33-12-20(19)31/h8-11,13,19-20,31-32H,6-7,12H2,1-5H3,(H,28,29,30)/t19-,20-/m1/s1. The SMILES string of the molecule is Cc1cnc(N[C@@H]2CCOC[C@H]2O)nc1-c1cc(F)c2ncc(C(C)(C)O)c(C(C)C)c2c1. The van der Waals surface area contributed by atoms with Crippen molar-refractivity contribution in [1.82, 2.24) is 15.0 Å². The van der Waals surface area contributed by atoms with Gasteiger partial charge in [0.2, 0.25) is 5.95 Å². The van der Waals surface area contributed by atoms with Crippen molar-refractivity contribution in [1.29, 1.82) is 0 Å². The molecule has 0 aliphatic carbocycles. The van der Waals surface area contributed by atoms with Crippen LogP contribution in [-0.2, 0) is 10.3 Å². The Balaban J connectivity index is 1.83. The molecule has 1 fully saturated rings. The number of aliphatic hydroxyl groups excluding tert-OH is 1. The first-order valence-electron chi connectivity index (χ1n) is 11.3. The van der Waals surface area contributed by atoms with Crippen LogP contribution in [0, 0.1) is 12.7 Å². The van der Waals surface area contributed by atoms with Crippen LogP contribution in [0.1, 0.15) is 56.7 Å². The summed E-state index contributed by atoms with van der Waals surface area (Å²) < 4.78 is 20.5. The third-order valence-corrected chi connectivity index (χ3v) is 6.09. The van der Waals surface area contributed by atoms with Crippen LogP contribution in [0.4, 0.5) is 10.3 Å². The largest absolute Gasteiger partial charge is 0.389 e. The van der Waals surface area contributed by atoms with Crippen LogP contribution in [-0.4, -0.2) is 50.5 Å². The number of benzene rings is 1. The normalized spacial score (nSPS) is 19.3. The number of hydrogen-bond donors (Lipinski definition) is 3. The summed E-state index contributed by atoms with van der Waals surface area (Å²) in [6.45, 7) is 10.1. The van der Waals surface area contributed by atoms with Crippen molar-refractivity contribution in [2.45, 2.75) is 64.7 Å². The van der Waals surface area contributed by atoms with Gasteiger partial charge in [-0.1, -0.05) is 13.8 Å². The molecular weight excluding hydrogens is 423 g/mol. The second-order valence-electron chi connectivity index (χ2n) is 9.56. The number of nitrogens with one attached hydrogen (secondary N) is 1. The van der Waals surface area contributed by atoms with Gasteiger partial charge in [0.1, 0.15) is 11.3 Å². The van der Waals surface area contributed by atoms with Crippen LogP contribution in [0.15, 0.2) is 24.5 Å². The summed E-state index contributed by atoms with van der Waals surface area (Å²) in [6, 6.07) is 3.11. The highest BCUT2D eigenvalue weighted by molar-refractivity contribution is 5.89. The predicted molar refractivity (Wildman–Crippen MR) is 126 cm³/mol. The Bertz CT molecular complexity index is 1180. The molecule has 1 aromatic carbocycles. The van der Waals surface area contributed by atoms with E-state index in [0.29, 0.717) is 41.2 Å². The van der Waals surface area contributed by atoms with E-state index in [2.05, 4.69) is 20.3 Å². The van der Waals surface area contributed by atoms with Crippen molar-refractivity contribution < 1.29 is 19.3 Å². The summed E-state index contributed by atoms with van der Waals surface area (Å²) in [5, 5.41) is 24.7. The molecule has 4 rings (SSSR count). The van der Waals surface area contributed by atoms with Gasteiger partial charge in [-0.3, -0.25) is 4.98 Å². The lowest BCUT2D eigenvalue weighted by molar-refractivity contribution is -0.0136. The molecule has 1 aliphatic heterocycles. The maximum absolute atomic E-state index is 15.2. The van der Waals surface area contributed by atoms with E-state index in [4.69, 9.17) is 4.74 Å². The number of aliphatic hydroxyl groups is 2. The lowest BCUT2D eigenvalue weighted by Crippen LogP contribution is -2.42. The molecule has 1 aliphatic rings. The van der Waals surface area contributed by atoms with Crippen LogP contribution in [0.25, 0.3) is 22.2 Å². The van der Waals surface area contributed by atoms with Gasteiger partial charge in [0.25, 0.3) is 0 Å². The molecule has 0 radical (unpaired) electrons. The Morgan fingerprint density at radius 3 is 2.64 bits per heavy atom. The summed E-state index contributed by atoms with van der Waals surface area (Å²) >= 11 is 0. The number of anilines is 1. The highest BCUT2D eigenvalue weighted by Crippen LogP contribution is 2.37. The van der Waals surface area contributed by atoms with E-state index < -0.39 is 17.5 Å². The predicted octanol–water partition coefficient (Wildman–Crippen LogP) is 4.05. The lowest BCUT2D eigenvalue weighted by atomic mass is 9.86.